The van der Waals surface area contributed by atoms with Crippen molar-refractivity contribution >= 4 is 72.6 Å². The van der Waals surface area contributed by atoms with Crippen molar-refractivity contribution in [2.45, 2.75) is 0 Å². The van der Waals surface area contributed by atoms with Gasteiger partial charge in [-0.3, -0.25) is 0 Å². The van der Waals surface area contributed by atoms with Crippen molar-refractivity contribution < 1.29 is 4.42 Å². The predicted octanol–water partition coefficient (Wildman–Crippen LogP) is 13.4. The first-order chi connectivity index (χ1) is 24.7. The van der Waals surface area contributed by atoms with Gasteiger partial charge in [0.2, 0.25) is 0 Å². The number of para-hydroxylation sites is 1. The van der Waals surface area contributed by atoms with Gasteiger partial charge in [0, 0.05) is 28.5 Å². The Labute approximate surface area is 290 Å². The molecule has 0 unspecified atom stereocenters. The third-order valence-electron chi connectivity index (χ3n) is 9.66. The van der Waals surface area contributed by atoms with Crippen molar-refractivity contribution in [1.82, 2.24) is 0 Å². The summed E-state index contributed by atoms with van der Waals surface area (Å²) < 4.78 is 6.22. The van der Waals surface area contributed by atoms with Crippen LogP contribution in [0.5, 0.6) is 0 Å². The standard InChI is InChI=1S/C47H32N2O/c48-29-7-11-38-31-50-47-42(38)13-6-14-46(47)49(39-23-17-33(18-24-39)32-8-2-1-3-9-32)40-25-19-34(20-26-40)37-16-15-36-22-27-43-41-12-5-4-10-35(41)21-28-44(43)45(36)30-37/h1-31,48H/b11-7-,48-29?. The maximum absolute atomic E-state index is 7.46. The molecule has 9 rings (SSSR count). The quantitative estimate of drug-likeness (QED) is 0.139. The average molecular weight is 641 g/mol. The molecule has 0 aliphatic carbocycles. The first-order valence-corrected chi connectivity index (χ1v) is 16.8. The van der Waals surface area contributed by atoms with Crippen molar-refractivity contribution in [3.8, 4) is 22.3 Å². The highest BCUT2D eigenvalue weighted by Crippen LogP contribution is 2.42. The Morgan fingerprint density at radius 3 is 1.78 bits per heavy atom. The van der Waals surface area contributed by atoms with Gasteiger partial charge >= 0.3 is 0 Å². The number of furan rings is 1. The van der Waals surface area contributed by atoms with Gasteiger partial charge in [-0.1, -0.05) is 127 Å². The summed E-state index contributed by atoms with van der Waals surface area (Å²) in [6.07, 6.45) is 6.67. The van der Waals surface area contributed by atoms with E-state index in [-0.39, 0.29) is 0 Å². The van der Waals surface area contributed by atoms with Crippen LogP contribution in [0, 0.1) is 5.41 Å². The lowest BCUT2D eigenvalue weighted by Crippen LogP contribution is -2.10. The molecule has 1 N–H and O–H groups in total. The van der Waals surface area contributed by atoms with E-state index in [1.54, 1.807) is 12.3 Å². The Kier molecular flexibility index (Phi) is 7.29. The Balaban J connectivity index is 1.15. The van der Waals surface area contributed by atoms with Crippen LogP contribution in [0.15, 0.2) is 181 Å². The first-order valence-electron chi connectivity index (χ1n) is 16.8. The monoisotopic (exact) mass is 640 g/mol. The van der Waals surface area contributed by atoms with E-state index in [4.69, 9.17) is 9.83 Å². The van der Waals surface area contributed by atoms with E-state index in [0.29, 0.717) is 0 Å². The molecule has 0 aliphatic rings. The van der Waals surface area contributed by atoms with E-state index in [9.17, 15) is 0 Å². The summed E-state index contributed by atoms with van der Waals surface area (Å²) in [6, 6.07) is 58.6. The molecule has 0 saturated carbocycles. The molecular formula is C47H32N2O. The third-order valence-corrected chi connectivity index (χ3v) is 9.66. The van der Waals surface area contributed by atoms with Crippen molar-refractivity contribution in [3.05, 3.63) is 182 Å². The van der Waals surface area contributed by atoms with E-state index in [2.05, 4.69) is 163 Å². The zero-order chi connectivity index (χ0) is 33.4. The molecule has 0 radical (unpaired) electrons. The van der Waals surface area contributed by atoms with Gasteiger partial charge < -0.3 is 14.7 Å². The van der Waals surface area contributed by atoms with Gasteiger partial charge in [0.25, 0.3) is 0 Å². The summed E-state index contributed by atoms with van der Waals surface area (Å²) in [4.78, 5) is 2.26. The van der Waals surface area contributed by atoms with Crippen LogP contribution in [-0.2, 0) is 0 Å². The van der Waals surface area contributed by atoms with Crippen molar-refractivity contribution in [2.75, 3.05) is 4.90 Å². The van der Waals surface area contributed by atoms with E-state index in [0.717, 1.165) is 44.7 Å². The number of nitrogens with one attached hydrogen (secondary N) is 1. The number of fused-ring (bicyclic) bond motifs is 6. The van der Waals surface area contributed by atoms with Crippen molar-refractivity contribution in [2.24, 2.45) is 0 Å². The zero-order valence-electron chi connectivity index (χ0n) is 27.3. The van der Waals surface area contributed by atoms with Crippen LogP contribution in [-0.4, -0.2) is 6.21 Å². The molecule has 1 aromatic heterocycles. The molecular weight excluding hydrogens is 609 g/mol. The van der Waals surface area contributed by atoms with E-state index >= 15 is 0 Å². The predicted molar refractivity (Wildman–Crippen MR) is 212 cm³/mol. The first kappa shape index (κ1) is 29.4. The molecule has 0 atom stereocenters. The number of hydrogen-bond donors (Lipinski definition) is 1. The summed E-state index contributed by atoms with van der Waals surface area (Å²) >= 11 is 0. The fourth-order valence-corrected chi connectivity index (χ4v) is 7.18. The lowest BCUT2D eigenvalue weighted by molar-refractivity contribution is 0.615. The highest BCUT2D eigenvalue weighted by atomic mass is 16.3. The maximum Gasteiger partial charge on any atom is 0.158 e. The largest absolute Gasteiger partial charge is 0.461 e. The minimum atomic E-state index is 0.794. The Morgan fingerprint density at radius 1 is 0.460 bits per heavy atom. The van der Waals surface area contributed by atoms with Gasteiger partial charge in [0.15, 0.2) is 5.58 Å². The number of allylic oxidation sites excluding steroid dienone is 1. The molecule has 0 aliphatic heterocycles. The van der Waals surface area contributed by atoms with Gasteiger partial charge in [0.05, 0.1) is 12.0 Å². The fraction of sp³-hybridized carbons (Fsp3) is 0. The van der Waals surface area contributed by atoms with Crippen LogP contribution in [0.2, 0.25) is 0 Å². The van der Waals surface area contributed by atoms with Crippen LogP contribution in [0.4, 0.5) is 17.1 Å². The molecule has 8 aromatic carbocycles. The minimum absolute atomic E-state index is 0.794. The smallest absolute Gasteiger partial charge is 0.158 e. The van der Waals surface area contributed by atoms with Gasteiger partial charge in [-0.2, -0.15) is 0 Å². The molecule has 0 fully saturated rings. The topological polar surface area (TPSA) is 40.2 Å². The van der Waals surface area contributed by atoms with Crippen LogP contribution in [0.25, 0.3) is 71.6 Å². The number of nitrogens with zero attached hydrogens (tertiary/aromatic N) is 1. The average Bonchev–Trinajstić information content (AvgIpc) is 3.61. The second-order valence-electron chi connectivity index (χ2n) is 12.5. The Hall–Kier alpha value is -6.71. The number of anilines is 3. The maximum atomic E-state index is 7.46. The minimum Gasteiger partial charge on any atom is -0.461 e. The second-order valence-corrected chi connectivity index (χ2v) is 12.5. The zero-order valence-corrected chi connectivity index (χ0v) is 27.3. The molecule has 0 saturated heterocycles. The summed E-state index contributed by atoms with van der Waals surface area (Å²) in [7, 11) is 0. The van der Waals surface area contributed by atoms with E-state index in [1.807, 2.05) is 12.1 Å². The third kappa shape index (κ3) is 5.13. The molecule has 0 bridgehead atoms. The highest BCUT2D eigenvalue weighted by molar-refractivity contribution is 6.17. The van der Waals surface area contributed by atoms with E-state index < -0.39 is 0 Å². The summed E-state index contributed by atoms with van der Waals surface area (Å²) in [5.41, 5.74) is 9.42. The SMILES string of the molecule is N=C/C=C\c1coc2c(N(c3ccc(-c4ccccc4)cc3)c3ccc(-c4ccc5ccc6c7ccccc7ccc6c5c4)cc3)cccc12. The van der Waals surface area contributed by atoms with Gasteiger partial charge in [-0.15, -0.1) is 0 Å². The Morgan fingerprint density at radius 2 is 1.04 bits per heavy atom. The molecule has 0 amide bonds. The number of hydrogen-bond acceptors (Lipinski definition) is 3. The van der Waals surface area contributed by atoms with E-state index in [1.165, 1.54) is 49.7 Å². The van der Waals surface area contributed by atoms with Crippen LogP contribution < -0.4 is 4.90 Å². The highest BCUT2D eigenvalue weighted by Gasteiger charge is 2.19. The molecule has 3 heteroatoms. The molecule has 3 nitrogen and oxygen atoms in total. The van der Waals surface area contributed by atoms with Gasteiger partial charge in [-0.05, 0) is 103 Å². The summed E-state index contributed by atoms with van der Waals surface area (Å²) in [6.45, 7) is 0. The fourth-order valence-electron chi connectivity index (χ4n) is 7.18. The number of benzene rings is 8. The van der Waals surface area contributed by atoms with Gasteiger partial charge in [0.1, 0.15) is 0 Å². The van der Waals surface area contributed by atoms with Crippen molar-refractivity contribution in [3.63, 3.8) is 0 Å². The number of rotatable bonds is 7. The lowest BCUT2D eigenvalue weighted by Gasteiger charge is -2.26. The normalized spacial score (nSPS) is 11.6. The molecule has 50 heavy (non-hydrogen) atoms. The van der Waals surface area contributed by atoms with Gasteiger partial charge in [-0.25, -0.2) is 0 Å². The molecule has 9 aromatic rings. The lowest BCUT2D eigenvalue weighted by atomic mass is 9.94. The second kappa shape index (κ2) is 12.4. The van der Waals surface area contributed by atoms with Crippen LogP contribution >= 0.6 is 0 Å². The Bertz CT molecular complexity index is 2700. The summed E-state index contributed by atoms with van der Waals surface area (Å²) in [5.74, 6) is 0. The molecule has 0 spiro atoms. The summed E-state index contributed by atoms with van der Waals surface area (Å²) in [5, 5.41) is 16.0. The van der Waals surface area contributed by atoms with Crippen LogP contribution in [0.1, 0.15) is 5.56 Å². The molecule has 1 heterocycles. The van der Waals surface area contributed by atoms with Crippen molar-refractivity contribution in [1.29, 1.82) is 5.41 Å². The molecule has 236 valence electrons. The van der Waals surface area contributed by atoms with Crippen LogP contribution in [0.3, 0.4) is 0 Å².